The van der Waals surface area contributed by atoms with E-state index in [0.29, 0.717) is 43.1 Å². The first-order valence-corrected chi connectivity index (χ1v) is 12.0. The maximum absolute atomic E-state index is 12.6. The van der Waals surface area contributed by atoms with Crippen molar-refractivity contribution in [1.82, 2.24) is 14.5 Å². The first kappa shape index (κ1) is 20.4. The molecule has 7 nitrogen and oxygen atoms in total. The number of nitrogens with one attached hydrogen (secondary N) is 1. The number of nitrogens with zero attached hydrogens (tertiary/aromatic N) is 3. The minimum atomic E-state index is -3.06. The Balaban J connectivity index is 0.00000192. The SMILES string of the molecule is Cl.N#C[C@@H]1CCCN1C(=O)CNC12CC3CC1CC(C2)C3N1CCCS1(=O)=O. The topological polar surface area (TPSA) is 93.5 Å². The van der Waals surface area contributed by atoms with Crippen LogP contribution in [-0.2, 0) is 14.8 Å². The second-order valence-corrected chi connectivity index (χ2v) is 11.3. The standard InChI is InChI=1S/C19H28N4O3S.ClH/c20-11-16-3-1-4-22(16)17(24)12-21-19-9-13-7-15(19)8-14(10-19)18(13)23-5-2-6-27(23,25)26;/h13-16,18,21H,1-10,12H2;1H/t13?,14?,15?,16-,18?,19?;/m0./s1. The van der Waals surface area contributed by atoms with Gasteiger partial charge in [0, 0.05) is 24.7 Å². The molecule has 3 atom stereocenters. The van der Waals surface area contributed by atoms with Crippen LogP contribution in [0, 0.1) is 29.1 Å². The molecule has 2 heterocycles. The van der Waals surface area contributed by atoms with Crippen molar-refractivity contribution in [2.75, 3.05) is 25.4 Å². The minimum Gasteiger partial charge on any atom is -0.326 e. The molecule has 6 rings (SSSR count). The molecule has 1 N–H and O–H groups in total. The number of halogens is 1. The van der Waals surface area contributed by atoms with Crippen LogP contribution in [0.25, 0.3) is 0 Å². The van der Waals surface area contributed by atoms with Crippen molar-refractivity contribution < 1.29 is 13.2 Å². The molecule has 2 unspecified atom stereocenters. The first-order valence-electron chi connectivity index (χ1n) is 10.4. The predicted octanol–water partition coefficient (Wildman–Crippen LogP) is 1.11. The molecule has 6 fully saturated rings. The number of amides is 1. The van der Waals surface area contributed by atoms with Gasteiger partial charge in [0.05, 0.1) is 18.4 Å². The number of nitriles is 1. The third-order valence-electron chi connectivity index (χ3n) is 7.96. The first-order chi connectivity index (χ1) is 12.9. The Morgan fingerprint density at radius 2 is 1.89 bits per heavy atom. The molecule has 4 saturated carbocycles. The summed E-state index contributed by atoms with van der Waals surface area (Å²) in [6.07, 6.45) is 6.59. The number of carbonyl (C=O) groups is 1. The van der Waals surface area contributed by atoms with Crippen LogP contribution in [0.5, 0.6) is 0 Å². The Kier molecular flexibility index (Phi) is 5.18. The second-order valence-electron chi connectivity index (χ2n) is 9.25. The van der Waals surface area contributed by atoms with Crippen molar-refractivity contribution in [2.45, 2.75) is 62.6 Å². The average Bonchev–Trinajstić information content (AvgIpc) is 3.35. The fourth-order valence-electron chi connectivity index (χ4n) is 7.01. The molecule has 28 heavy (non-hydrogen) atoms. The highest BCUT2D eigenvalue weighted by Gasteiger charge is 2.63. The third-order valence-corrected chi connectivity index (χ3v) is 9.90. The van der Waals surface area contributed by atoms with Crippen LogP contribution in [-0.4, -0.2) is 66.5 Å². The zero-order chi connectivity index (χ0) is 18.8. The van der Waals surface area contributed by atoms with Crippen LogP contribution in [0.15, 0.2) is 0 Å². The average molecular weight is 429 g/mol. The van der Waals surface area contributed by atoms with Gasteiger partial charge in [-0.1, -0.05) is 0 Å². The molecule has 0 radical (unpaired) electrons. The van der Waals surface area contributed by atoms with Gasteiger partial charge in [0.1, 0.15) is 6.04 Å². The maximum atomic E-state index is 12.6. The fourth-order valence-corrected chi connectivity index (χ4v) is 8.86. The molecule has 2 saturated heterocycles. The molecule has 9 heteroatoms. The van der Waals surface area contributed by atoms with E-state index in [4.69, 9.17) is 0 Å². The van der Waals surface area contributed by atoms with Gasteiger partial charge in [-0.05, 0) is 62.7 Å². The van der Waals surface area contributed by atoms with Crippen molar-refractivity contribution in [3.63, 3.8) is 0 Å². The lowest BCUT2D eigenvalue weighted by Gasteiger charge is -2.43. The van der Waals surface area contributed by atoms with Gasteiger partial charge in [-0.3, -0.25) is 4.79 Å². The molecule has 6 aliphatic rings. The minimum absolute atomic E-state index is 0. The quantitative estimate of drug-likeness (QED) is 0.723. The summed E-state index contributed by atoms with van der Waals surface area (Å²) < 4.78 is 26.7. The van der Waals surface area contributed by atoms with E-state index < -0.39 is 10.0 Å². The van der Waals surface area contributed by atoms with Crippen molar-refractivity contribution in [3.05, 3.63) is 0 Å². The lowest BCUT2D eigenvalue weighted by molar-refractivity contribution is -0.130. The molecule has 4 bridgehead atoms. The van der Waals surface area contributed by atoms with Crippen LogP contribution >= 0.6 is 12.4 Å². The predicted molar refractivity (Wildman–Crippen MR) is 106 cm³/mol. The van der Waals surface area contributed by atoms with Crippen molar-refractivity contribution in [2.24, 2.45) is 17.8 Å². The summed E-state index contributed by atoms with van der Waals surface area (Å²) in [7, 11) is -3.06. The lowest BCUT2D eigenvalue weighted by Crippen LogP contribution is -2.54. The smallest absolute Gasteiger partial charge is 0.237 e. The van der Waals surface area contributed by atoms with E-state index in [-0.39, 0.29) is 35.9 Å². The van der Waals surface area contributed by atoms with Gasteiger partial charge in [0.25, 0.3) is 0 Å². The van der Waals surface area contributed by atoms with Gasteiger partial charge in [0.15, 0.2) is 0 Å². The molecule has 0 aromatic carbocycles. The van der Waals surface area contributed by atoms with E-state index in [1.807, 2.05) is 4.31 Å². The van der Waals surface area contributed by atoms with Gasteiger partial charge < -0.3 is 10.2 Å². The Hall–Kier alpha value is -0.880. The van der Waals surface area contributed by atoms with Crippen molar-refractivity contribution >= 4 is 28.3 Å². The van der Waals surface area contributed by atoms with Crippen molar-refractivity contribution in [1.29, 1.82) is 5.26 Å². The summed E-state index contributed by atoms with van der Waals surface area (Å²) in [4.78, 5) is 14.4. The molecule has 0 aromatic heterocycles. The van der Waals surface area contributed by atoms with E-state index in [9.17, 15) is 18.5 Å². The number of sulfonamides is 1. The van der Waals surface area contributed by atoms with E-state index in [1.165, 1.54) is 0 Å². The van der Waals surface area contributed by atoms with Gasteiger partial charge in [-0.25, -0.2) is 8.42 Å². The third kappa shape index (κ3) is 2.97. The summed E-state index contributed by atoms with van der Waals surface area (Å²) in [6.45, 7) is 1.68. The zero-order valence-corrected chi connectivity index (χ0v) is 17.7. The highest BCUT2D eigenvalue weighted by atomic mass is 35.5. The van der Waals surface area contributed by atoms with Crippen LogP contribution in [0.2, 0.25) is 0 Å². The summed E-state index contributed by atoms with van der Waals surface area (Å²) in [6, 6.07) is 2.16. The molecule has 2 aliphatic heterocycles. The van der Waals surface area contributed by atoms with Gasteiger partial charge in [-0.15, -0.1) is 12.4 Å². The summed E-state index contributed by atoms with van der Waals surface area (Å²) in [5.74, 6) is 1.76. The van der Waals surface area contributed by atoms with Crippen LogP contribution in [0.1, 0.15) is 44.9 Å². The summed E-state index contributed by atoms with van der Waals surface area (Å²) in [5, 5.41) is 12.8. The van der Waals surface area contributed by atoms with E-state index in [0.717, 1.165) is 44.9 Å². The Morgan fingerprint density at radius 3 is 2.50 bits per heavy atom. The molecule has 156 valence electrons. The number of hydrogen-bond acceptors (Lipinski definition) is 5. The fraction of sp³-hybridized carbons (Fsp3) is 0.895. The molecule has 0 spiro atoms. The van der Waals surface area contributed by atoms with E-state index in [2.05, 4.69) is 11.4 Å². The van der Waals surface area contributed by atoms with E-state index >= 15 is 0 Å². The van der Waals surface area contributed by atoms with Gasteiger partial charge in [-0.2, -0.15) is 9.57 Å². The number of likely N-dealkylation sites (tertiary alicyclic amines) is 1. The number of carbonyl (C=O) groups excluding carboxylic acids is 1. The van der Waals surface area contributed by atoms with Crippen LogP contribution in [0.4, 0.5) is 0 Å². The Bertz CT molecular complexity index is 781. The number of hydrogen-bond donors (Lipinski definition) is 1. The summed E-state index contributed by atoms with van der Waals surface area (Å²) in [5.41, 5.74) is 0.00679. The molecule has 0 aromatic rings. The maximum Gasteiger partial charge on any atom is 0.237 e. The number of rotatable bonds is 4. The van der Waals surface area contributed by atoms with Gasteiger partial charge >= 0.3 is 0 Å². The highest BCUT2D eigenvalue weighted by molar-refractivity contribution is 7.89. The zero-order valence-electron chi connectivity index (χ0n) is 16.0. The Labute approximate surface area is 173 Å². The normalized spacial score (nSPS) is 43.2. The van der Waals surface area contributed by atoms with Gasteiger partial charge in [0.2, 0.25) is 15.9 Å². The summed E-state index contributed by atoms with van der Waals surface area (Å²) >= 11 is 0. The molecule has 1 amide bonds. The second kappa shape index (κ2) is 7.12. The van der Waals surface area contributed by atoms with E-state index in [1.54, 1.807) is 4.90 Å². The molecule has 4 aliphatic carbocycles. The Morgan fingerprint density at radius 1 is 1.18 bits per heavy atom. The largest absolute Gasteiger partial charge is 0.326 e. The van der Waals surface area contributed by atoms with Crippen LogP contribution in [0.3, 0.4) is 0 Å². The molecular weight excluding hydrogens is 400 g/mol. The monoisotopic (exact) mass is 428 g/mol. The van der Waals surface area contributed by atoms with Crippen molar-refractivity contribution in [3.8, 4) is 6.07 Å². The lowest BCUT2D eigenvalue weighted by atomic mass is 9.75. The highest BCUT2D eigenvalue weighted by Crippen LogP contribution is 2.62. The molecular formula is C19H29ClN4O3S. The van der Waals surface area contributed by atoms with Crippen LogP contribution < -0.4 is 5.32 Å².